The zero-order valence-electron chi connectivity index (χ0n) is 16.4. The number of methoxy groups -OCH3 is 1. The van der Waals surface area contributed by atoms with Gasteiger partial charge in [0.2, 0.25) is 5.91 Å². The van der Waals surface area contributed by atoms with Crippen LogP contribution in [0.15, 0.2) is 23.2 Å². The molecule has 7 nitrogen and oxygen atoms in total. The normalized spacial score (nSPS) is 16.1. The van der Waals surface area contributed by atoms with Gasteiger partial charge in [-0.1, -0.05) is 29.3 Å². The molecule has 0 spiro atoms. The Balaban J connectivity index is 1.70. The Hall–Kier alpha value is -1.54. The molecule has 1 heterocycles. The van der Waals surface area contributed by atoms with Gasteiger partial charge in [0.05, 0.1) is 23.2 Å². The van der Waals surface area contributed by atoms with Crippen molar-refractivity contribution in [1.82, 2.24) is 20.9 Å². The van der Waals surface area contributed by atoms with Gasteiger partial charge < -0.3 is 20.7 Å². The standard InChI is InChI=1S/C19H29Cl2N5O2/c1-22-19(24-12-18(27)23-7-10-28-2)25-15-5-8-26(9-6-15)13-14-3-4-16(20)17(21)11-14/h3-4,11,15H,5-10,12-13H2,1-2H3,(H,23,27)(H2,22,24,25). The average Bonchev–Trinajstić information content (AvgIpc) is 2.69. The fourth-order valence-corrected chi connectivity index (χ4v) is 3.36. The third-order valence-electron chi connectivity index (χ3n) is 4.59. The summed E-state index contributed by atoms with van der Waals surface area (Å²) in [6.45, 7) is 4.00. The molecule has 1 fully saturated rings. The van der Waals surface area contributed by atoms with E-state index in [1.165, 1.54) is 0 Å². The molecule has 1 aromatic carbocycles. The van der Waals surface area contributed by atoms with Crippen molar-refractivity contribution in [3.8, 4) is 0 Å². The summed E-state index contributed by atoms with van der Waals surface area (Å²) in [5.41, 5.74) is 1.16. The van der Waals surface area contributed by atoms with Crippen LogP contribution in [-0.2, 0) is 16.1 Å². The zero-order valence-corrected chi connectivity index (χ0v) is 17.9. The summed E-state index contributed by atoms with van der Waals surface area (Å²) < 4.78 is 4.91. The van der Waals surface area contributed by atoms with Crippen LogP contribution >= 0.6 is 23.2 Å². The van der Waals surface area contributed by atoms with E-state index in [1.807, 2.05) is 18.2 Å². The molecule has 0 aromatic heterocycles. The first-order chi connectivity index (χ1) is 13.5. The molecule has 1 saturated heterocycles. The summed E-state index contributed by atoms with van der Waals surface area (Å²) in [6.07, 6.45) is 2.00. The molecule has 2 rings (SSSR count). The van der Waals surface area contributed by atoms with E-state index in [0.717, 1.165) is 38.0 Å². The summed E-state index contributed by atoms with van der Waals surface area (Å²) in [5, 5.41) is 10.4. The largest absolute Gasteiger partial charge is 0.383 e. The molecule has 28 heavy (non-hydrogen) atoms. The van der Waals surface area contributed by atoms with Crippen molar-refractivity contribution in [3.05, 3.63) is 33.8 Å². The molecule has 1 aliphatic rings. The van der Waals surface area contributed by atoms with Gasteiger partial charge in [-0.25, -0.2) is 0 Å². The maximum atomic E-state index is 11.8. The average molecular weight is 430 g/mol. The van der Waals surface area contributed by atoms with E-state index < -0.39 is 0 Å². The number of halogens is 2. The summed E-state index contributed by atoms with van der Waals surface area (Å²) in [7, 11) is 3.31. The number of hydrogen-bond acceptors (Lipinski definition) is 4. The van der Waals surface area contributed by atoms with Crippen molar-refractivity contribution >= 4 is 35.1 Å². The van der Waals surface area contributed by atoms with Crippen LogP contribution in [0.25, 0.3) is 0 Å². The van der Waals surface area contributed by atoms with Crippen LogP contribution in [0, 0.1) is 0 Å². The number of carbonyl (C=O) groups is 1. The third-order valence-corrected chi connectivity index (χ3v) is 5.33. The second kappa shape index (κ2) is 12.1. The van der Waals surface area contributed by atoms with Crippen LogP contribution in [0.2, 0.25) is 10.0 Å². The predicted molar refractivity (Wildman–Crippen MR) is 114 cm³/mol. The second-order valence-corrected chi connectivity index (χ2v) is 7.53. The number of benzene rings is 1. The molecule has 1 aliphatic heterocycles. The van der Waals surface area contributed by atoms with Crippen LogP contribution in [-0.4, -0.2) is 69.8 Å². The number of nitrogens with zero attached hydrogens (tertiary/aromatic N) is 2. The van der Waals surface area contributed by atoms with Crippen molar-refractivity contribution < 1.29 is 9.53 Å². The van der Waals surface area contributed by atoms with Crippen molar-refractivity contribution in [2.45, 2.75) is 25.4 Å². The lowest BCUT2D eigenvalue weighted by atomic mass is 10.0. The summed E-state index contributed by atoms with van der Waals surface area (Å²) in [4.78, 5) is 18.4. The Labute approximate surface area is 176 Å². The molecule has 0 bridgehead atoms. The summed E-state index contributed by atoms with van der Waals surface area (Å²) in [5.74, 6) is 0.557. The number of carbonyl (C=O) groups excluding carboxylic acids is 1. The van der Waals surface area contributed by atoms with Crippen molar-refractivity contribution in [1.29, 1.82) is 0 Å². The topological polar surface area (TPSA) is 78.0 Å². The first-order valence-corrected chi connectivity index (χ1v) is 10.2. The van der Waals surface area contributed by atoms with E-state index >= 15 is 0 Å². The van der Waals surface area contributed by atoms with E-state index in [9.17, 15) is 4.79 Å². The second-order valence-electron chi connectivity index (χ2n) is 6.71. The molecule has 156 valence electrons. The number of amides is 1. The van der Waals surface area contributed by atoms with Gasteiger partial charge in [0.1, 0.15) is 0 Å². The quantitative estimate of drug-likeness (QED) is 0.334. The first-order valence-electron chi connectivity index (χ1n) is 9.41. The highest BCUT2D eigenvalue weighted by molar-refractivity contribution is 6.42. The minimum Gasteiger partial charge on any atom is -0.383 e. The van der Waals surface area contributed by atoms with Crippen LogP contribution < -0.4 is 16.0 Å². The lowest BCUT2D eigenvalue weighted by molar-refractivity contribution is -0.120. The van der Waals surface area contributed by atoms with Crippen LogP contribution in [0.4, 0.5) is 0 Å². The highest BCUT2D eigenvalue weighted by Crippen LogP contribution is 2.24. The van der Waals surface area contributed by atoms with Gasteiger partial charge in [0.25, 0.3) is 0 Å². The third kappa shape index (κ3) is 7.83. The van der Waals surface area contributed by atoms with Gasteiger partial charge in [-0.15, -0.1) is 0 Å². The van der Waals surface area contributed by atoms with E-state index in [1.54, 1.807) is 14.2 Å². The molecular formula is C19H29Cl2N5O2. The Kier molecular flexibility index (Phi) is 9.84. The van der Waals surface area contributed by atoms with E-state index in [0.29, 0.717) is 35.2 Å². The molecule has 0 saturated carbocycles. The van der Waals surface area contributed by atoms with Crippen LogP contribution in [0.3, 0.4) is 0 Å². The Morgan fingerprint density at radius 2 is 2.00 bits per heavy atom. The number of likely N-dealkylation sites (tertiary alicyclic amines) is 1. The number of hydrogen-bond donors (Lipinski definition) is 3. The predicted octanol–water partition coefficient (Wildman–Crippen LogP) is 1.89. The highest BCUT2D eigenvalue weighted by atomic mass is 35.5. The fourth-order valence-electron chi connectivity index (χ4n) is 3.04. The lowest BCUT2D eigenvalue weighted by Crippen LogP contribution is -2.50. The van der Waals surface area contributed by atoms with Crippen LogP contribution in [0.5, 0.6) is 0 Å². The van der Waals surface area contributed by atoms with Gasteiger partial charge >= 0.3 is 0 Å². The van der Waals surface area contributed by atoms with Gasteiger partial charge in [-0.05, 0) is 30.5 Å². The maximum Gasteiger partial charge on any atom is 0.239 e. The number of nitrogens with one attached hydrogen (secondary N) is 3. The number of guanidine groups is 1. The monoisotopic (exact) mass is 429 g/mol. The van der Waals surface area contributed by atoms with E-state index in [-0.39, 0.29) is 12.5 Å². The minimum atomic E-state index is -0.0866. The van der Waals surface area contributed by atoms with E-state index in [2.05, 4.69) is 25.8 Å². The molecule has 1 amide bonds. The molecule has 9 heteroatoms. The number of aliphatic imine (C=N–C) groups is 1. The van der Waals surface area contributed by atoms with E-state index in [4.69, 9.17) is 27.9 Å². The molecule has 0 atom stereocenters. The van der Waals surface area contributed by atoms with Gasteiger partial charge in [0, 0.05) is 46.4 Å². The first kappa shape index (κ1) is 22.7. The Morgan fingerprint density at radius 3 is 2.64 bits per heavy atom. The zero-order chi connectivity index (χ0) is 20.4. The number of ether oxygens (including phenoxy) is 1. The minimum absolute atomic E-state index is 0.0866. The molecule has 1 aromatic rings. The summed E-state index contributed by atoms with van der Waals surface area (Å²) in [6, 6.07) is 6.11. The van der Waals surface area contributed by atoms with Gasteiger partial charge in [0.15, 0.2) is 5.96 Å². The molecular weight excluding hydrogens is 401 g/mol. The smallest absolute Gasteiger partial charge is 0.239 e. The molecule has 0 aliphatic carbocycles. The lowest BCUT2D eigenvalue weighted by Gasteiger charge is -2.33. The Bertz CT molecular complexity index is 664. The molecule has 3 N–H and O–H groups in total. The highest BCUT2D eigenvalue weighted by Gasteiger charge is 2.20. The SMILES string of the molecule is CN=C(NCC(=O)NCCOC)NC1CCN(Cc2ccc(Cl)c(Cl)c2)CC1. The van der Waals surface area contributed by atoms with Crippen molar-refractivity contribution in [3.63, 3.8) is 0 Å². The van der Waals surface area contributed by atoms with Gasteiger partial charge in [-0.2, -0.15) is 0 Å². The van der Waals surface area contributed by atoms with Crippen molar-refractivity contribution in [2.24, 2.45) is 4.99 Å². The molecule has 0 unspecified atom stereocenters. The molecule has 0 radical (unpaired) electrons. The Morgan fingerprint density at radius 1 is 1.25 bits per heavy atom. The fraction of sp³-hybridized carbons (Fsp3) is 0.579. The summed E-state index contributed by atoms with van der Waals surface area (Å²) >= 11 is 12.1. The van der Waals surface area contributed by atoms with Gasteiger partial charge in [-0.3, -0.25) is 14.7 Å². The van der Waals surface area contributed by atoms with Crippen LogP contribution in [0.1, 0.15) is 18.4 Å². The number of piperidine rings is 1. The maximum absolute atomic E-state index is 11.8. The van der Waals surface area contributed by atoms with Crippen molar-refractivity contribution in [2.75, 3.05) is 46.9 Å². The number of rotatable bonds is 8.